The van der Waals surface area contributed by atoms with E-state index in [1.165, 1.54) is 100 Å². The van der Waals surface area contributed by atoms with Gasteiger partial charge in [-0.15, -0.1) is 0 Å². The van der Waals surface area contributed by atoms with Crippen molar-refractivity contribution in [2.24, 2.45) is 10.8 Å². The fourth-order valence-corrected chi connectivity index (χ4v) is 34.9. The van der Waals surface area contributed by atoms with Crippen LogP contribution in [0.25, 0.3) is 56.7 Å². The van der Waals surface area contributed by atoms with Crippen LogP contribution in [0.2, 0.25) is 13.1 Å². The predicted octanol–water partition coefficient (Wildman–Crippen LogP) is 17.1. The van der Waals surface area contributed by atoms with E-state index in [1.54, 1.807) is 22.3 Å². The van der Waals surface area contributed by atoms with Gasteiger partial charge in [0.15, 0.2) is 0 Å². The molecule has 62 heavy (non-hydrogen) atoms. The summed E-state index contributed by atoms with van der Waals surface area (Å²) in [5.41, 5.74) is 31.3. The molecule has 0 fully saturated rings. The van der Waals surface area contributed by atoms with Crippen LogP contribution in [0.15, 0.2) is 108 Å². The van der Waals surface area contributed by atoms with E-state index in [0.29, 0.717) is 7.25 Å². The summed E-state index contributed by atoms with van der Waals surface area (Å²) in [4.78, 5) is 0. The molecule has 8 rings (SSSR count). The molecule has 0 bridgehead atoms. The van der Waals surface area contributed by atoms with E-state index in [-0.39, 0.29) is 10.8 Å². The molecule has 0 amide bonds. The van der Waals surface area contributed by atoms with Crippen molar-refractivity contribution in [3.05, 3.63) is 175 Å². The fraction of sp³-hybridized carbons (Fsp3) is 0.333. The van der Waals surface area contributed by atoms with Gasteiger partial charge in [-0.25, -0.2) is 0 Å². The van der Waals surface area contributed by atoms with Crippen molar-refractivity contribution >= 4 is 18.1 Å². The van der Waals surface area contributed by atoms with Crippen LogP contribution in [0.5, 0.6) is 0 Å². The number of hydrogen-bond donors (Lipinski definition) is 0. The van der Waals surface area contributed by atoms with E-state index in [9.17, 15) is 0 Å². The molecule has 317 valence electrons. The second-order valence-corrected chi connectivity index (χ2v) is 41.8. The van der Waals surface area contributed by atoms with Crippen molar-refractivity contribution in [3.8, 4) is 44.5 Å². The van der Waals surface area contributed by atoms with Crippen LogP contribution in [0.3, 0.4) is 0 Å². The second-order valence-electron chi connectivity index (χ2n) is 21.7. The topological polar surface area (TPSA) is 0 Å². The number of hydrogen-bond acceptors (Lipinski definition) is 0. The minimum absolute atomic E-state index is 0.00282. The molecular formula is C60H69SiZr. The Morgan fingerprint density at radius 1 is 0.371 bits per heavy atom. The maximum absolute atomic E-state index is 2.75. The number of benzene rings is 6. The summed E-state index contributed by atoms with van der Waals surface area (Å²) in [6, 6.07) is 38.8. The Balaban J connectivity index is 1.50. The Hall–Kier alpha value is -4.10. The van der Waals surface area contributed by atoms with Gasteiger partial charge in [0.25, 0.3) is 0 Å². The average molecular weight is 910 g/mol. The first kappa shape index (κ1) is 44.5. The Labute approximate surface area is 383 Å². The fourth-order valence-electron chi connectivity index (χ4n) is 11.3. The van der Waals surface area contributed by atoms with Gasteiger partial charge in [-0.2, -0.15) is 0 Å². The van der Waals surface area contributed by atoms with Crippen LogP contribution in [0, 0.1) is 66.2 Å². The van der Waals surface area contributed by atoms with Gasteiger partial charge in [0.05, 0.1) is 0 Å². The van der Waals surface area contributed by atoms with Crippen molar-refractivity contribution in [3.63, 3.8) is 0 Å². The third-order valence-electron chi connectivity index (χ3n) is 13.6. The monoisotopic (exact) mass is 907 g/mol. The zero-order valence-electron chi connectivity index (χ0n) is 40.6. The molecule has 0 saturated carbocycles. The van der Waals surface area contributed by atoms with Gasteiger partial charge in [0.2, 0.25) is 0 Å². The molecule has 0 radical (unpaired) electrons. The summed E-state index contributed by atoms with van der Waals surface area (Å²) >= 11 is -2.75. The molecule has 2 aliphatic carbocycles. The summed E-state index contributed by atoms with van der Waals surface area (Å²) < 4.78 is 0.888. The molecule has 0 nitrogen and oxygen atoms in total. The predicted molar refractivity (Wildman–Crippen MR) is 272 cm³/mol. The van der Waals surface area contributed by atoms with E-state index >= 15 is 0 Å². The number of aryl methyl sites for hydroxylation is 8. The molecule has 0 N–H and O–H groups in total. The number of allylic oxidation sites excluding steroid dienone is 2. The van der Waals surface area contributed by atoms with Crippen molar-refractivity contribution in [2.45, 2.75) is 117 Å². The van der Waals surface area contributed by atoms with Crippen molar-refractivity contribution < 1.29 is 20.9 Å². The van der Waals surface area contributed by atoms with E-state index in [0.717, 1.165) is 0 Å². The SMILES string of the molecule is Cc1cc(C)cc(-c2ccc(-c3cc(C)cc(C)c3)c3c2C=C(C(C)(C)C)[CH]3[Zr]([CH]2C(C(C)(C)C)=Cc3c(-c4cc(C)cc(C)c4)ccc(-c4cc(C)cc(C)c4)c32)[SiH](C)C)c1. The Kier molecular flexibility index (Phi) is 11.8. The molecule has 2 unspecified atom stereocenters. The molecule has 0 spiro atoms. The summed E-state index contributed by atoms with van der Waals surface area (Å²) in [7, 11) is 0. The molecule has 6 aromatic rings. The average Bonchev–Trinajstić information content (AvgIpc) is 3.74. The molecule has 0 aliphatic heterocycles. The molecule has 2 heteroatoms. The minimum atomic E-state index is -2.75. The van der Waals surface area contributed by atoms with E-state index in [4.69, 9.17) is 0 Å². The Morgan fingerprint density at radius 2 is 0.613 bits per heavy atom. The van der Waals surface area contributed by atoms with Gasteiger partial charge >= 0.3 is 387 Å². The van der Waals surface area contributed by atoms with Gasteiger partial charge in [-0.05, 0) is 0 Å². The number of rotatable bonds is 7. The van der Waals surface area contributed by atoms with Gasteiger partial charge in [0.1, 0.15) is 0 Å². The van der Waals surface area contributed by atoms with Crippen LogP contribution < -0.4 is 0 Å². The number of fused-ring (bicyclic) bond motifs is 2. The zero-order valence-corrected chi connectivity index (χ0v) is 44.2. The second kappa shape index (κ2) is 16.5. The molecular weight excluding hydrogens is 840 g/mol. The van der Waals surface area contributed by atoms with Crippen LogP contribution in [0.4, 0.5) is 0 Å². The third kappa shape index (κ3) is 8.37. The normalized spacial score (nSPS) is 16.1. The quantitative estimate of drug-likeness (QED) is 0.140. The third-order valence-corrected chi connectivity index (χ3v) is 34.9. The molecule has 0 aromatic heterocycles. The standard InChI is InChI=1S/2C29H31.C2H7Si.Zr/c2*1-18-10-19(2)13-22(12-18)25-8-9-26(23-14-20(3)11-21(4)15-23)28-17-24(16-27(25)28)29(5,6)7;1-3-2;/h2*8-17H,1-7H3;3H,1-2H3;. The van der Waals surface area contributed by atoms with Crippen molar-refractivity contribution in [1.29, 1.82) is 0 Å². The zero-order chi connectivity index (χ0) is 44.7. The maximum atomic E-state index is 2.75. The van der Waals surface area contributed by atoms with Gasteiger partial charge in [-0.3, -0.25) is 0 Å². The summed E-state index contributed by atoms with van der Waals surface area (Å²) in [5, 5.41) is 0. The molecule has 2 atom stereocenters. The summed E-state index contributed by atoms with van der Waals surface area (Å²) in [6.07, 6.45) is 5.45. The summed E-state index contributed by atoms with van der Waals surface area (Å²) in [6.45, 7) is 38.7. The van der Waals surface area contributed by atoms with Crippen molar-refractivity contribution in [2.75, 3.05) is 0 Å². The first-order valence-corrected chi connectivity index (χ1v) is 33.1. The van der Waals surface area contributed by atoms with Gasteiger partial charge < -0.3 is 0 Å². The van der Waals surface area contributed by atoms with E-state index in [2.05, 4.69) is 219 Å². The van der Waals surface area contributed by atoms with Crippen LogP contribution in [-0.4, -0.2) is 5.92 Å². The van der Waals surface area contributed by atoms with E-state index < -0.39 is 26.8 Å². The van der Waals surface area contributed by atoms with Gasteiger partial charge in [0, 0.05) is 0 Å². The Morgan fingerprint density at radius 3 is 0.855 bits per heavy atom. The van der Waals surface area contributed by atoms with Crippen molar-refractivity contribution in [1.82, 2.24) is 0 Å². The van der Waals surface area contributed by atoms with Crippen LogP contribution >= 0.6 is 0 Å². The van der Waals surface area contributed by atoms with Gasteiger partial charge in [-0.1, -0.05) is 0 Å². The van der Waals surface area contributed by atoms with Crippen LogP contribution in [0.1, 0.15) is 116 Å². The van der Waals surface area contributed by atoms with E-state index in [1.807, 2.05) is 0 Å². The first-order valence-electron chi connectivity index (χ1n) is 23.1. The molecule has 6 aromatic carbocycles. The van der Waals surface area contributed by atoms with Crippen LogP contribution in [-0.2, 0) is 20.9 Å². The summed E-state index contributed by atoms with van der Waals surface area (Å²) in [5.74, 6) is -1.30. The first-order chi connectivity index (χ1) is 29.1. The molecule has 0 saturated heterocycles. The molecule has 0 heterocycles. The Bertz CT molecular complexity index is 2560. The molecule has 2 aliphatic rings.